The molecule has 1 atom stereocenters. The number of benzene rings is 1. The maximum atomic E-state index is 14.2. The molecule has 1 aromatic carbocycles. The van der Waals surface area contributed by atoms with Crippen molar-refractivity contribution < 1.29 is 13.6 Å². The number of guanidine groups is 1. The van der Waals surface area contributed by atoms with Crippen LogP contribution in [0.15, 0.2) is 23.2 Å². The molecule has 2 rings (SSSR count). The van der Waals surface area contributed by atoms with Crippen molar-refractivity contribution in [3.63, 3.8) is 0 Å². The number of nitrogens with one attached hydrogen (secondary N) is 2. The predicted octanol–water partition coefficient (Wildman–Crippen LogP) is 2.42. The van der Waals surface area contributed by atoms with Gasteiger partial charge in [-0.15, -0.1) is 0 Å². The smallest absolute Gasteiger partial charge is 0.243 e. The Morgan fingerprint density at radius 1 is 1.35 bits per heavy atom. The van der Waals surface area contributed by atoms with Gasteiger partial charge in [-0.2, -0.15) is 0 Å². The van der Waals surface area contributed by atoms with Gasteiger partial charge in [0.05, 0.1) is 0 Å². The fourth-order valence-corrected chi connectivity index (χ4v) is 2.64. The molecular formula is C19H28F2N4O. The molecule has 0 spiro atoms. The zero-order valence-electron chi connectivity index (χ0n) is 15.9. The number of hydrogen-bond acceptors (Lipinski definition) is 2. The molecule has 0 saturated heterocycles. The van der Waals surface area contributed by atoms with Crippen LogP contribution in [0, 0.1) is 11.6 Å². The number of nitrogens with zero attached hydrogens (tertiary/aromatic N) is 2. The Morgan fingerprint density at radius 2 is 2.04 bits per heavy atom. The lowest BCUT2D eigenvalue weighted by molar-refractivity contribution is -0.127. The normalized spacial score (nSPS) is 16.8. The third kappa shape index (κ3) is 5.16. The minimum Gasteiger partial charge on any atom is -0.355 e. The van der Waals surface area contributed by atoms with Crippen molar-refractivity contribution in [1.29, 1.82) is 0 Å². The van der Waals surface area contributed by atoms with E-state index in [9.17, 15) is 13.6 Å². The van der Waals surface area contributed by atoms with E-state index in [-0.39, 0.29) is 23.9 Å². The molecule has 1 unspecified atom stereocenters. The Labute approximate surface area is 153 Å². The first-order valence-electron chi connectivity index (χ1n) is 8.98. The van der Waals surface area contributed by atoms with Crippen molar-refractivity contribution >= 4 is 11.9 Å². The summed E-state index contributed by atoms with van der Waals surface area (Å²) < 4.78 is 27.3. The van der Waals surface area contributed by atoms with Crippen LogP contribution in [0.1, 0.15) is 38.7 Å². The summed E-state index contributed by atoms with van der Waals surface area (Å²) in [5.41, 5.74) is 0.181. The number of carbonyl (C=O) groups is 1. The predicted molar refractivity (Wildman–Crippen MR) is 99.2 cm³/mol. The van der Waals surface area contributed by atoms with Crippen LogP contribution in [-0.2, 0) is 10.2 Å². The van der Waals surface area contributed by atoms with E-state index in [0.29, 0.717) is 18.1 Å². The van der Waals surface area contributed by atoms with Crippen molar-refractivity contribution in [2.75, 3.05) is 27.2 Å². The Balaban J connectivity index is 2.08. The maximum absolute atomic E-state index is 14.2. The topological polar surface area (TPSA) is 56.7 Å². The lowest BCUT2D eigenvalue weighted by Gasteiger charge is -2.22. The number of aliphatic imine (C=N–C) groups is 1. The maximum Gasteiger partial charge on any atom is 0.243 e. The molecule has 144 valence electrons. The van der Waals surface area contributed by atoms with Gasteiger partial charge in [-0.25, -0.2) is 13.8 Å². The molecule has 1 amide bonds. The molecule has 7 heteroatoms. The summed E-state index contributed by atoms with van der Waals surface area (Å²) in [5.74, 6) is -0.650. The van der Waals surface area contributed by atoms with Gasteiger partial charge in [-0.1, -0.05) is 13.0 Å². The first kappa shape index (κ1) is 20.1. The van der Waals surface area contributed by atoms with E-state index in [4.69, 9.17) is 0 Å². The minimum atomic E-state index is -0.571. The highest BCUT2D eigenvalue weighted by molar-refractivity contribution is 5.85. The second kappa shape index (κ2) is 8.47. The van der Waals surface area contributed by atoms with Crippen molar-refractivity contribution in [1.82, 2.24) is 15.5 Å². The Morgan fingerprint density at radius 3 is 2.58 bits per heavy atom. The summed E-state index contributed by atoms with van der Waals surface area (Å²) in [6.07, 6.45) is 2.56. The van der Waals surface area contributed by atoms with Gasteiger partial charge in [0, 0.05) is 38.2 Å². The van der Waals surface area contributed by atoms with E-state index in [1.165, 1.54) is 17.0 Å². The average Bonchev–Trinajstić information content (AvgIpc) is 3.37. The molecular weight excluding hydrogens is 338 g/mol. The summed E-state index contributed by atoms with van der Waals surface area (Å²) in [6, 6.07) is 3.93. The fraction of sp³-hybridized carbons (Fsp3) is 0.579. The number of amides is 1. The third-order valence-corrected chi connectivity index (χ3v) is 4.82. The zero-order valence-corrected chi connectivity index (χ0v) is 15.9. The van der Waals surface area contributed by atoms with Gasteiger partial charge in [0.25, 0.3) is 0 Å². The minimum absolute atomic E-state index is 0.0384. The van der Waals surface area contributed by atoms with Gasteiger partial charge in [-0.3, -0.25) is 4.79 Å². The molecule has 1 aliphatic rings. The monoisotopic (exact) mass is 366 g/mol. The Hall–Kier alpha value is -2.18. The third-order valence-electron chi connectivity index (χ3n) is 4.82. The van der Waals surface area contributed by atoms with Crippen LogP contribution in [0.5, 0.6) is 0 Å². The molecule has 1 saturated carbocycles. The number of halogens is 2. The van der Waals surface area contributed by atoms with Gasteiger partial charge >= 0.3 is 0 Å². The highest BCUT2D eigenvalue weighted by Gasteiger charge is 2.46. The summed E-state index contributed by atoms with van der Waals surface area (Å²) in [4.78, 5) is 17.6. The van der Waals surface area contributed by atoms with E-state index in [1.54, 1.807) is 14.1 Å². The standard InChI is InChI=1S/C19H28F2N4O/c1-5-13(2)24-18(22-11-17(26)25(3)4)23-12-19(8-9-19)15-7-6-14(20)10-16(15)21/h6-7,10,13H,5,8-9,11-12H2,1-4H3,(H2,22,23,24). The molecule has 0 aliphatic heterocycles. The van der Waals surface area contributed by atoms with Crippen molar-refractivity contribution in [3.8, 4) is 0 Å². The van der Waals surface area contributed by atoms with Gasteiger partial charge in [0.15, 0.2) is 5.96 Å². The molecule has 1 aromatic rings. The van der Waals surface area contributed by atoms with Crippen LogP contribution in [0.4, 0.5) is 8.78 Å². The molecule has 0 heterocycles. The molecule has 0 aromatic heterocycles. The Bertz CT molecular complexity index is 672. The quantitative estimate of drug-likeness (QED) is 0.576. The largest absolute Gasteiger partial charge is 0.355 e. The second-order valence-electron chi connectivity index (χ2n) is 7.16. The van der Waals surface area contributed by atoms with Crippen LogP contribution >= 0.6 is 0 Å². The van der Waals surface area contributed by atoms with E-state index >= 15 is 0 Å². The molecule has 0 bridgehead atoms. The number of hydrogen-bond donors (Lipinski definition) is 2. The number of likely N-dealkylation sites (N-methyl/N-ethyl adjacent to an activating group) is 1. The van der Waals surface area contributed by atoms with Crippen molar-refractivity contribution in [2.45, 2.75) is 44.6 Å². The first-order valence-corrected chi connectivity index (χ1v) is 8.98. The van der Waals surface area contributed by atoms with Crippen LogP contribution < -0.4 is 10.6 Å². The SMILES string of the molecule is CCC(C)NC(=NCC(=O)N(C)C)NCC1(c2ccc(F)cc2F)CC1. The van der Waals surface area contributed by atoms with Gasteiger partial charge < -0.3 is 15.5 Å². The van der Waals surface area contributed by atoms with Crippen LogP contribution in [0.25, 0.3) is 0 Å². The molecule has 1 fully saturated rings. The molecule has 1 aliphatic carbocycles. The highest BCUT2D eigenvalue weighted by atomic mass is 19.1. The molecule has 2 N–H and O–H groups in total. The van der Waals surface area contributed by atoms with Gasteiger partial charge in [0.1, 0.15) is 18.2 Å². The number of carbonyl (C=O) groups excluding carboxylic acids is 1. The highest BCUT2D eigenvalue weighted by Crippen LogP contribution is 2.48. The number of rotatable bonds is 7. The van der Waals surface area contributed by atoms with E-state index in [0.717, 1.165) is 25.3 Å². The fourth-order valence-electron chi connectivity index (χ4n) is 2.64. The summed E-state index contributed by atoms with van der Waals surface area (Å²) in [6.45, 7) is 4.60. The van der Waals surface area contributed by atoms with E-state index in [2.05, 4.69) is 22.5 Å². The molecule has 5 nitrogen and oxygen atoms in total. The van der Waals surface area contributed by atoms with Gasteiger partial charge in [0.2, 0.25) is 5.91 Å². The molecule has 0 radical (unpaired) electrons. The second-order valence-corrected chi connectivity index (χ2v) is 7.16. The van der Waals surface area contributed by atoms with Crippen molar-refractivity contribution in [2.24, 2.45) is 4.99 Å². The van der Waals surface area contributed by atoms with Gasteiger partial charge in [-0.05, 0) is 37.8 Å². The van der Waals surface area contributed by atoms with Crippen LogP contribution in [0.3, 0.4) is 0 Å². The van der Waals surface area contributed by atoms with Crippen LogP contribution in [0.2, 0.25) is 0 Å². The molecule has 26 heavy (non-hydrogen) atoms. The average molecular weight is 366 g/mol. The summed E-state index contributed by atoms with van der Waals surface area (Å²) >= 11 is 0. The van der Waals surface area contributed by atoms with Crippen LogP contribution in [-0.4, -0.2) is 50.0 Å². The van der Waals surface area contributed by atoms with E-state index < -0.39 is 11.6 Å². The lowest BCUT2D eigenvalue weighted by Crippen LogP contribution is -2.45. The van der Waals surface area contributed by atoms with Crippen molar-refractivity contribution in [3.05, 3.63) is 35.4 Å². The summed E-state index contributed by atoms with van der Waals surface area (Å²) in [7, 11) is 3.37. The zero-order chi connectivity index (χ0) is 19.3. The van der Waals surface area contributed by atoms with E-state index in [1.807, 2.05) is 6.92 Å². The first-order chi connectivity index (χ1) is 12.3. The Kier molecular flexibility index (Phi) is 6.56. The lowest BCUT2D eigenvalue weighted by atomic mass is 9.95. The summed E-state index contributed by atoms with van der Waals surface area (Å²) in [5, 5.41) is 6.48.